The van der Waals surface area contributed by atoms with Crippen molar-refractivity contribution < 1.29 is 14.3 Å². The number of aliphatic carboxylic acids is 1. The lowest BCUT2D eigenvalue weighted by molar-refractivity contribution is -0.136. The van der Waals surface area contributed by atoms with E-state index in [-0.39, 0.29) is 5.02 Å². The van der Waals surface area contributed by atoms with Crippen molar-refractivity contribution in [3.63, 3.8) is 0 Å². The van der Waals surface area contributed by atoms with Crippen molar-refractivity contribution in [3.05, 3.63) is 29.0 Å². The second-order valence-electron chi connectivity index (χ2n) is 2.67. The molecule has 1 N–H and O–H groups in total. The minimum atomic E-state index is -0.907. The highest BCUT2D eigenvalue weighted by molar-refractivity contribution is 8.00. The third-order valence-electron chi connectivity index (χ3n) is 1.55. The molecule has 76 valence electrons. The van der Waals surface area contributed by atoms with Gasteiger partial charge in [-0.3, -0.25) is 4.79 Å². The van der Waals surface area contributed by atoms with E-state index in [2.05, 4.69) is 0 Å². The van der Waals surface area contributed by atoms with E-state index in [0.717, 1.165) is 11.8 Å². The van der Waals surface area contributed by atoms with Gasteiger partial charge in [-0.25, -0.2) is 4.39 Å². The maximum atomic E-state index is 12.7. The quantitative estimate of drug-likeness (QED) is 0.817. The van der Waals surface area contributed by atoms with Gasteiger partial charge in [0.15, 0.2) is 0 Å². The Bertz CT molecular complexity index is 357. The Kier molecular flexibility index (Phi) is 3.77. The Labute approximate surface area is 90.1 Å². The maximum absolute atomic E-state index is 12.7. The predicted molar refractivity (Wildman–Crippen MR) is 54.4 cm³/mol. The van der Waals surface area contributed by atoms with Crippen molar-refractivity contribution >= 4 is 29.3 Å². The molecule has 0 saturated carbocycles. The molecule has 1 aromatic rings. The molecular formula is C9H8ClFO2S. The lowest BCUT2D eigenvalue weighted by Gasteiger charge is -2.06. The summed E-state index contributed by atoms with van der Waals surface area (Å²) in [5.41, 5.74) is 0. The Morgan fingerprint density at radius 1 is 1.64 bits per heavy atom. The Balaban J connectivity index is 2.78. The van der Waals surface area contributed by atoms with E-state index in [1.165, 1.54) is 18.2 Å². The smallest absolute Gasteiger partial charge is 0.316 e. The van der Waals surface area contributed by atoms with E-state index in [1.54, 1.807) is 6.92 Å². The lowest BCUT2D eigenvalue weighted by atomic mass is 10.3. The van der Waals surface area contributed by atoms with Crippen LogP contribution in [0.2, 0.25) is 5.02 Å². The van der Waals surface area contributed by atoms with Crippen LogP contribution in [-0.4, -0.2) is 16.3 Å². The molecule has 0 amide bonds. The van der Waals surface area contributed by atoms with Gasteiger partial charge in [-0.2, -0.15) is 0 Å². The number of carboxylic acid groups (broad SMARTS) is 1. The van der Waals surface area contributed by atoms with Crippen molar-refractivity contribution in [1.82, 2.24) is 0 Å². The van der Waals surface area contributed by atoms with Gasteiger partial charge >= 0.3 is 5.97 Å². The monoisotopic (exact) mass is 234 g/mol. The predicted octanol–water partition coefficient (Wildman–Crippen LogP) is 3.04. The van der Waals surface area contributed by atoms with Crippen LogP contribution in [0.15, 0.2) is 23.1 Å². The molecule has 1 aromatic carbocycles. The van der Waals surface area contributed by atoms with Crippen LogP contribution in [0, 0.1) is 5.82 Å². The second-order valence-corrected chi connectivity index (χ2v) is 4.50. The summed E-state index contributed by atoms with van der Waals surface area (Å²) >= 11 is 6.66. The normalized spacial score (nSPS) is 12.5. The van der Waals surface area contributed by atoms with Gasteiger partial charge in [0.1, 0.15) is 11.1 Å². The van der Waals surface area contributed by atoms with Crippen LogP contribution in [0.5, 0.6) is 0 Å². The van der Waals surface area contributed by atoms with E-state index in [9.17, 15) is 9.18 Å². The van der Waals surface area contributed by atoms with Gasteiger partial charge in [-0.05, 0) is 25.1 Å². The molecule has 0 heterocycles. The van der Waals surface area contributed by atoms with E-state index in [0.29, 0.717) is 4.90 Å². The summed E-state index contributed by atoms with van der Waals surface area (Å²) in [6.07, 6.45) is 0. The fourth-order valence-electron chi connectivity index (χ4n) is 0.805. The Hall–Kier alpha value is -0.740. The first-order chi connectivity index (χ1) is 6.50. The van der Waals surface area contributed by atoms with E-state index in [4.69, 9.17) is 16.7 Å². The molecule has 0 aromatic heterocycles. The summed E-state index contributed by atoms with van der Waals surface area (Å²) in [7, 11) is 0. The molecule has 14 heavy (non-hydrogen) atoms. The highest BCUT2D eigenvalue weighted by Gasteiger charge is 2.12. The summed E-state index contributed by atoms with van der Waals surface area (Å²) < 4.78 is 12.7. The first kappa shape index (κ1) is 11.3. The summed E-state index contributed by atoms with van der Waals surface area (Å²) in [5.74, 6) is -1.41. The molecule has 0 saturated heterocycles. The van der Waals surface area contributed by atoms with Crippen LogP contribution in [0.3, 0.4) is 0 Å². The standard InChI is InChI=1S/C9H8ClFO2S/c1-5(9(12)13)14-6-2-3-8(11)7(10)4-6/h2-5H,1H3,(H,12,13). The molecular weight excluding hydrogens is 227 g/mol. The Morgan fingerprint density at radius 2 is 2.29 bits per heavy atom. The van der Waals surface area contributed by atoms with Gasteiger partial charge in [0.2, 0.25) is 0 Å². The largest absolute Gasteiger partial charge is 0.480 e. The second kappa shape index (κ2) is 4.66. The first-order valence-corrected chi connectivity index (χ1v) is 5.11. The summed E-state index contributed by atoms with van der Waals surface area (Å²) in [6, 6.07) is 4.14. The molecule has 2 nitrogen and oxygen atoms in total. The highest BCUT2D eigenvalue weighted by atomic mass is 35.5. The number of hydrogen-bond donors (Lipinski definition) is 1. The average Bonchev–Trinajstić information content (AvgIpc) is 2.11. The van der Waals surface area contributed by atoms with Gasteiger partial charge in [-0.1, -0.05) is 11.6 Å². The van der Waals surface area contributed by atoms with E-state index in [1.807, 2.05) is 0 Å². The SMILES string of the molecule is CC(Sc1ccc(F)c(Cl)c1)C(=O)O. The third-order valence-corrected chi connectivity index (χ3v) is 2.92. The molecule has 0 radical (unpaired) electrons. The van der Waals surface area contributed by atoms with E-state index < -0.39 is 17.0 Å². The summed E-state index contributed by atoms with van der Waals surface area (Å²) in [4.78, 5) is 11.2. The van der Waals surface area contributed by atoms with Gasteiger partial charge in [-0.15, -0.1) is 11.8 Å². The van der Waals surface area contributed by atoms with Gasteiger partial charge < -0.3 is 5.11 Å². The molecule has 1 rings (SSSR count). The number of carbonyl (C=O) groups is 1. The fraction of sp³-hybridized carbons (Fsp3) is 0.222. The number of hydrogen-bond acceptors (Lipinski definition) is 2. The van der Waals surface area contributed by atoms with Crippen LogP contribution >= 0.6 is 23.4 Å². The number of rotatable bonds is 3. The molecule has 0 aliphatic carbocycles. The van der Waals surface area contributed by atoms with Crippen molar-refractivity contribution in [2.75, 3.05) is 0 Å². The molecule has 5 heteroatoms. The van der Waals surface area contributed by atoms with Crippen molar-refractivity contribution in [2.24, 2.45) is 0 Å². The maximum Gasteiger partial charge on any atom is 0.316 e. The van der Waals surface area contributed by atoms with Crippen molar-refractivity contribution in [3.8, 4) is 0 Å². The molecule has 0 bridgehead atoms. The van der Waals surface area contributed by atoms with E-state index >= 15 is 0 Å². The van der Waals surface area contributed by atoms with Crippen LogP contribution < -0.4 is 0 Å². The number of halogens is 2. The topological polar surface area (TPSA) is 37.3 Å². The highest BCUT2D eigenvalue weighted by Crippen LogP contribution is 2.27. The van der Waals surface area contributed by atoms with Crippen LogP contribution in [0.4, 0.5) is 4.39 Å². The summed E-state index contributed by atoms with van der Waals surface area (Å²) in [6.45, 7) is 1.56. The zero-order chi connectivity index (χ0) is 10.7. The van der Waals surface area contributed by atoms with Crippen LogP contribution in [-0.2, 0) is 4.79 Å². The molecule has 0 fully saturated rings. The van der Waals surface area contributed by atoms with Gasteiger partial charge in [0.25, 0.3) is 0 Å². The molecule has 0 aliphatic heterocycles. The van der Waals surface area contributed by atoms with Crippen LogP contribution in [0.1, 0.15) is 6.92 Å². The van der Waals surface area contributed by atoms with Gasteiger partial charge in [0, 0.05) is 4.90 Å². The zero-order valence-electron chi connectivity index (χ0n) is 7.33. The lowest BCUT2D eigenvalue weighted by Crippen LogP contribution is -2.10. The number of carboxylic acids is 1. The molecule has 0 spiro atoms. The first-order valence-electron chi connectivity index (χ1n) is 3.85. The third kappa shape index (κ3) is 2.89. The van der Waals surface area contributed by atoms with Crippen molar-refractivity contribution in [2.45, 2.75) is 17.1 Å². The molecule has 1 unspecified atom stereocenters. The average molecular weight is 235 g/mol. The zero-order valence-corrected chi connectivity index (χ0v) is 8.90. The molecule has 0 aliphatic rings. The Morgan fingerprint density at radius 3 is 2.79 bits per heavy atom. The minimum absolute atomic E-state index is 0.00703. The minimum Gasteiger partial charge on any atom is -0.480 e. The van der Waals surface area contributed by atoms with Gasteiger partial charge in [0.05, 0.1) is 5.02 Å². The number of thioether (sulfide) groups is 1. The number of benzene rings is 1. The summed E-state index contributed by atoms with van der Waals surface area (Å²) in [5, 5.41) is 8.07. The fourth-order valence-corrected chi connectivity index (χ4v) is 1.89. The van der Waals surface area contributed by atoms with Crippen molar-refractivity contribution in [1.29, 1.82) is 0 Å². The van der Waals surface area contributed by atoms with Crippen LogP contribution in [0.25, 0.3) is 0 Å². The molecule has 1 atom stereocenters.